The van der Waals surface area contributed by atoms with Crippen molar-refractivity contribution in [2.75, 3.05) is 48.9 Å². The molecule has 1 aliphatic heterocycles. The maximum absolute atomic E-state index is 13.3. The Morgan fingerprint density at radius 2 is 1.60 bits per heavy atom. The van der Waals surface area contributed by atoms with E-state index in [1.807, 2.05) is 6.08 Å². The summed E-state index contributed by atoms with van der Waals surface area (Å²) in [6, 6.07) is 12.2. The highest BCUT2D eigenvalue weighted by Crippen LogP contribution is 2.30. The van der Waals surface area contributed by atoms with Crippen LogP contribution in [0.4, 0.5) is 17.1 Å². The molecule has 0 aromatic heterocycles. The Labute approximate surface area is 203 Å². The Balaban J connectivity index is 1.58. The van der Waals surface area contributed by atoms with Gasteiger partial charge in [0.15, 0.2) is 0 Å². The van der Waals surface area contributed by atoms with Crippen molar-refractivity contribution < 1.29 is 29.0 Å². The number of rotatable bonds is 7. The van der Waals surface area contributed by atoms with Gasteiger partial charge in [0.1, 0.15) is 5.75 Å². The van der Waals surface area contributed by atoms with E-state index in [-0.39, 0.29) is 11.8 Å². The molecule has 1 saturated heterocycles. The number of anilines is 3. The van der Waals surface area contributed by atoms with Gasteiger partial charge < -0.3 is 30.1 Å². The van der Waals surface area contributed by atoms with Crippen molar-refractivity contribution in [3.63, 3.8) is 0 Å². The zero-order valence-electron chi connectivity index (χ0n) is 19.5. The van der Waals surface area contributed by atoms with Crippen molar-refractivity contribution in [3.05, 3.63) is 60.2 Å². The van der Waals surface area contributed by atoms with Gasteiger partial charge in [-0.25, -0.2) is 0 Å². The number of morpholine rings is 1. The molecule has 2 atom stereocenters. The number of carbonyl (C=O) groups is 3. The molecule has 1 fully saturated rings. The Hall–Kier alpha value is -3.85. The predicted molar refractivity (Wildman–Crippen MR) is 132 cm³/mol. The Bertz CT molecular complexity index is 1110. The van der Waals surface area contributed by atoms with Gasteiger partial charge >= 0.3 is 5.97 Å². The van der Waals surface area contributed by atoms with Gasteiger partial charge in [-0.1, -0.05) is 12.2 Å². The average molecular weight is 480 g/mol. The fourth-order valence-electron chi connectivity index (χ4n) is 4.36. The number of aliphatic carboxylic acids is 1. The van der Waals surface area contributed by atoms with Crippen LogP contribution in [0.15, 0.2) is 54.6 Å². The van der Waals surface area contributed by atoms with Gasteiger partial charge in [-0.15, -0.1) is 0 Å². The number of hydrogen-bond acceptors (Lipinski definition) is 6. The topological polar surface area (TPSA) is 117 Å². The molecule has 9 heteroatoms. The molecule has 184 valence electrons. The molecule has 3 N–H and O–H groups in total. The fourth-order valence-corrected chi connectivity index (χ4v) is 4.36. The quantitative estimate of drug-likeness (QED) is 0.521. The third kappa shape index (κ3) is 5.81. The summed E-state index contributed by atoms with van der Waals surface area (Å²) in [7, 11) is 1.57. The number of hydrogen-bond donors (Lipinski definition) is 3. The van der Waals surface area contributed by atoms with E-state index >= 15 is 0 Å². The first-order valence-corrected chi connectivity index (χ1v) is 11.6. The zero-order valence-corrected chi connectivity index (χ0v) is 19.5. The van der Waals surface area contributed by atoms with Crippen LogP contribution in [0.1, 0.15) is 23.2 Å². The molecule has 2 aromatic rings. The number of allylic oxidation sites excluding steroid dienone is 2. The number of carbonyl (C=O) groups excluding carboxylic acids is 2. The van der Waals surface area contributed by atoms with Gasteiger partial charge in [0.2, 0.25) is 5.91 Å². The van der Waals surface area contributed by atoms with E-state index in [1.54, 1.807) is 55.7 Å². The molecule has 2 unspecified atom stereocenters. The van der Waals surface area contributed by atoms with Gasteiger partial charge in [-0.3, -0.25) is 14.4 Å². The van der Waals surface area contributed by atoms with E-state index in [9.17, 15) is 19.5 Å². The highest BCUT2D eigenvalue weighted by Gasteiger charge is 2.34. The molecule has 2 aliphatic rings. The van der Waals surface area contributed by atoms with Crippen LogP contribution in [0.3, 0.4) is 0 Å². The Morgan fingerprint density at radius 1 is 0.943 bits per heavy atom. The number of nitrogens with one attached hydrogen (secondary N) is 2. The molecule has 2 aromatic carbocycles. The van der Waals surface area contributed by atoms with Crippen molar-refractivity contribution in [2.24, 2.45) is 11.8 Å². The van der Waals surface area contributed by atoms with Gasteiger partial charge in [0.05, 0.1) is 37.7 Å². The third-order valence-corrected chi connectivity index (χ3v) is 6.29. The van der Waals surface area contributed by atoms with Crippen LogP contribution in [0, 0.1) is 11.8 Å². The average Bonchev–Trinajstić information content (AvgIpc) is 2.89. The van der Waals surface area contributed by atoms with Crippen molar-refractivity contribution in [2.45, 2.75) is 12.8 Å². The van der Waals surface area contributed by atoms with E-state index in [0.717, 1.165) is 5.69 Å². The summed E-state index contributed by atoms with van der Waals surface area (Å²) in [5, 5.41) is 15.2. The lowest BCUT2D eigenvalue weighted by Crippen LogP contribution is -2.37. The van der Waals surface area contributed by atoms with Crippen LogP contribution in [0.5, 0.6) is 5.75 Å². The summed E-state index contributed by atoms with van der Waals surface area (Å²) < 4.78 is 10.6. The third-order valence-electron chi connectivity index (χ3n) is 6.29. The SMILES string of the molecule is COc1ccc(NC(=O)c2cc(NC(=O)C3CC=CCC3C(=O)O)ccc2N2CCOCC2)cc1. The second-order valence-electron chi connectivity index (χ2n) is 8.50. The molecule has 2 amide bonds. The monoisotopic (exact) mass is 479 g/mol. The largest absolute Gasteiger partial charge is 0.497 e. The summed E-state index contributed by atoms with van der Waals surface area (Å²) in [6.07, 6.45) is 4.30. The molecule has 9 nitrogen and oxygen atoms in total. The van der Waals surface area contributed by atoms with Gasteiger partial charge in [-0.2, -0.15) is 0 Å². The van der Waals surface area contributed by atoms with E-state index in [4.69, 9.17) is 9.47 Å². The van der Waals surface area contributed by atoms with E-state index < -0.39 is 17.8 Å². The van der Waals surface area contributed by atoms with Crippen LogP contribution in [0.2, 0.25) is 0 Å². The highest BCUT2D eigenvalue weighted by molar-refractivity contribution is 6.09. The number of carboxylic acids is 1. The standard InChI is InChI=1S/C26H29N3O6/c1-34-19-9-6-17(7-10-19)27-25(31)22-16-18(8-11-23(22)29-12-14-35-15-13-29)28-24(30)20-4-2-3-5-21(20)26(32)33/h2-3,6-11,16,20-21H,4-5,12-15H2,1H3,(H,27,31)(H,28,30)(H,32,33). The number of amides is 2. The summed E-state index contributed by atoms with van der Waals surface area (Å²) in [5.74, 6) is -2.45. The van der Waals surface area contributed by atoms with E-state index in [1.165, 1.54) is 0 Å². The maximum Gasteiger partial charge on any atom is 0.307 e. The van der Waals surface area contributed by atoms with E-state index in [2.05, 4.69) is 15.5 Å². The second-order valence-corrected chi connectivity index (χ2v) is 8.50. The Morgan fingerprint density at radius 3 is 2.26 bits per heavy atom. The normalized spacial score (nSPS) is 19.6. The smallest absolute Gasteiger partial charge is 0.307 e. The molecule has 0 bridgehead atoms. The predicted octanol–water partition coefficient (Wildman–Crippen LogP) is 3.39. The van der Waals surface area contributed by atoms with Crippen LogP contribution < -0.4 is 20.3 Å². The Kier molecular flexibility index (Phi) is 7.67. The fraction of sp³-hybridized carbons (Fsp3) is 0.346. The zero-order chi connectivity index (χ0) is 24.8. The first-order chi connectivity index (χ1) is 17.0. The van der Waals surface area contributed by atoms with Crippen molar-refractivity contribution >= 4 is 34.8 Å². The molecule has 1 heterocycles. The molecule has 35 heavy (non-hydrogen) atoms. The molecular weight excluding hydrogens is 450 g/mol. The van der Waals surface area contributed by atoms with Crippen molar-refractivity contribution in [1.82, 2.24) is 0 Å². The summed E-state index contributed by atoms with van der Waals surface area (Å²) in [4.78, 5) is 39.9. The van der Waals surface area contributed by atoms with Crippen LogP contribution in [-0.4, -0.2) is 56.3 Å². The van der Waals surface area contributed by atoms with Crippen molar-refractivity contribution in [1.29, 1.82) is 0 Å². The molecule has 4 rings (SSSR count). The minimum atomic E-state index is -0.989. The van der Waals surface area contributed by atoms with E-state index in [0.29, 0.717) is 61.8 Å². The van der Waals surface area contributed by atoms with Crippen LogP contribution in [-0.2, 0) is 14.3 Å². The second kappa shape index (κ2) is 11.1. The lowest BCUT2D eigenvalue weighted by Gasteiger charge is -2.30. The first-order valence-electron chi connectivity index (χ1n) is 11.6. The van der Waals surface area contributed by atoms with Crippen LogP contribution in [0.25, 0.3) is 0 Å². The highest BCUT2D eigenvalue weighted by atomic mass is 16.5. The molecule has 1 aliphatic carbocycles. The van der Waals surface area contributed by atoms with Crippen molar-refractivity contribution in [3.8, 4) is 5.75 Å². The minimum absolute atomic E-state index is 0.318. The number of carboxylic acid groups (broad SMARTS) is 1. The summed E-state index contributed by atoms with van der Waals surface area (Å²) >= 11 is 0. The first kappa shape index (κ1) is 24.3. The number of benzene rings is 2. The number of nitrogens with zero attached hydrogens (tertiary/aromatic N) is 1. The molecule has 0 saturated carbocycles. The van der Waals surface area contributed by atoms with Gasteiger partial charge in [0, 0.05) is 30.2 Å². The van der Waals surface area contributed by atoms with Gasteiger partial charge in [0.25, 0.3) is 5.91 Å². The van der Waals surface area contributed by atoms with Gasteiger partial charge in [-0.05, 0) is 55.3 Å². The lowest BCUT2D eigenvalue weighted by atomic mass is 9.82. The molecular formula is C26H29N3O6. The molecule has 0 spiro atoms. The maximum atomic E-state index is 13.3. The lowest BCUT2D eigenvalue weighted by molar-refractivity contribution is -0.146. The number of methoxy groups -OCH3 is 1. The summed E-state index contributed by atoms with van der Waals surface area (Å²) in [6.45, 7) is 2.40. The number of ether oxygens (including phenoxy) is 2. The summed E-state index contributed by atoms with van der Waals surface area (Å²) in [5.41, 5.74) is 2.18. The van der Waals surface area contributed by atoms with Crippen LogP contribution >= 0.6 is 0 Å². The molecule has 0 radical (unpaired) electrons. The minimum Gasteiger partial charge on any atom is -0.497 e.